The van der Waals surface area contributed by atoms with E-state index in [-0.39, 0.29) is 18.4 Å². The predicted molar refractivity (Wildman–Crippen MR) is 92.6 cm³/mol. The number of carbonyl (C=O) groups excluding carboxylic acids is 2. The lowest BCUT2D eigenvalue weighted by Crippen LogP contribution is -2.20. The van der Waals surface area contributed by atoms with E-state index >= 15 is 0 Å². The molecular weight excluding hydrogens is 304 g/mol. The zero-order valence-corrected chi connectivity index (χ0v) is 13.5. The van der Waals surface area contributed by atoms with E-state index in [0.29, 0.717) is 16.9 Å². The summed E-state index contributed by atoms with van der Waals surface area (Å²) in [6.07, 6.45) is 1.57. The Labute approximate surface area is 139 Å². The topological polar surface area (TPSA) is 90.0 Å². The van der Waals surface area contributed by atoms with Crippen molar-refractivity contribution in [3.8, 4) is 0 Å². The highest BCUT2D eigenvalue weighted by Crippen LogP contribution is 2.25. The number of benzene rings is 1. The number of nitrogens with zero attached hydrogens (tertiary/aromatic N) is 2. The van der Waals surface area contributed by atoms with E-state index in [4.69, 9.17) is 5.73 Å². The second-order valence-corrected chi connectivity index (χ2v) is 5.65. The maximum atomic E-state index is 13.0. The zero-order chi connectivity index (χ0) is 17.3. The van der Waals surface area contributed by atoms with Gasteiger partial charge in [0.05, 0.1) is 17.8 Å². The standard InChI is InChI=1S/C18H18N4O2/c1-11-8-15-16(19)4-3-5-17(15)22(11)18(24)13-6-7-20-14(9-13)10-21-12(2)23/h3-9H,10,19H2,1-2H3,(H,21,23). The fourth-order valence-electron chi connectivity index (χ4n) is 2.71. The van der Waals surface area contributed by atoms with Crippen molar-refractivity contribution >= 4 is 28.4 Å². The minimum Gasteiger partial charge on any atom is -0.398 e. The fourth-order valence-corrected chi connectivity index (χ4v) is 2.71. The van der Waals surface area contributed by atoms with Crippen LogP contribution in [0.1, 0.15) is 28.7 Å². The van der Waals surface area contributed by atoms with Crippen LogP contribution in [0.4, 0.5) is 5.69 Å². The van der Waals surface area contributed by atoms with Crippen LogP contribution in [-0.2, 0) is 11.3 Å². The molecule has 0 aliphatic carbocycles. The maximum absolute atomic E-state index is 13.0. The normalized spacial score (nSPS) is 10.8. The Kier molecular flexibility index (Phi) is 4.04. The molecule has 2 aromatic heterocycles. The Hall–Kier alpha value is -3.15. The Morgan fingerprint density at radius 1 is 1.25 bits per heavy atom. The smallest absolute Gasteiger partial charge is 0.262 e. The average Bonchev–Trinajstić information content (AvgIpc) is 2.90. The number of nitrogens with one attached hydrogen (secondary N) is 1. The number of hydrogen-bond donors (Lipinski definition) is 2. The SMILES string of the molecule is CC(=O)NCc1cc(C(=O)n2c(C)cc3c(N)cccc32)ccn1. The van der Waals surface area contributed by atoms with Gasteiger partial charge in [0, 0.05) is 35.5 Å². The van der Waals surface area contributed by atoms with Crippen LogP contribution in [0.25, 0.3) is 10.9 Å². The van der Waals surface area contributed by atoms with Gasteiger partial charge in [0.2, 0.25) is 5.91 Å². The van der Waals surface area contributed by atoms with Crippen LogP contribution < -0.4 is 11.1 Å². The van der Waals surface area contributed by atoms with Gasteiger partial charge in [-0.3, -0.25) is 19.1 Å². The molecule has 0 spiro atoms. The molecule has 0 saturated heterocycles. The van der Waals surface area contributed by atoms with Crippen LogP contribution in [0.5, 0.6) is 0 Å². The minimum absolute atomic E-state index is 0.142. The summed E-state index contributed by atoms with van der Waals surface area (Å²) in [7, 11) is 0. The number of rotatable bonds is 3. The summed E-state index contributed by atoms with van der Waals surface area (Å²) in [6.45, 7) is 3.60. The van der Waals surface area contributed by atoms with Crippen LogP contribution in [0.3, 0.4) is 0 Å². The fraction of sp³-hybridized carbons (Fsp3) is 0.167. The number of anilines is 1. The van der Waals surface area contributed by atoms with Gasteiger partial charge in [-0.05, 0) is 37.3 Å². The van der Waals surface area contributed by atoms with Crippen molar-refractivity contribution < 1.29 is 9.59 Å². The number of hydrogen-bond acceptors (Lipinski definition) is 4. The summed E-state index contributed by atoms with van der Waals surface area (Å²) in [6, 6.07) is 10.8. The van der Waals surface area contributed by atoms with Crippen LogP contribution in [-0.4, -0.2) is 21.4 Å². The Bertz CT molecular complexity index is 943. The highest BCUT2D eigenvalue weighted by Gasteiger charge is 2.16. The van der Waals surface area contributed by atoms with Gasteiger partial charge in [-0.15, -0.1) is 0 Å². The van der Waals surface area contributed by atoms with E-state index in [2.05, 4.69) is 10.3 Å². The zero-order valence-electron chi connectivity index (χ0n) is 13.5. The van der Waals surface area contributed by atoms with Crippen molar-refractivity contribution in [2.24, 2.45) is 0 Å². The predicted octanol–water partition coefficient (Wildman–Crippen LogP) is 2.25. The molecule has 24 heavy (non-hydrogen) atoms. The summed E-state index contributed by atoms with van der Waals surface area (Å²) >= 11 is 0. The highest BCUT2D eigenvalue weighted by atomic mass is 16.2. The first-order valence-corrected chi connectivity index (χ1v) is 7.58. The Morgan fingerprint density at radius 3 is 2.79 bits per heavy atom. The van der Waals surface area contributed by atoms with Gasteiger partial charge in [-0.2, -0.15) is 0 Å². The van der Waals surface area contributed by atoms with Gasteiger partial charge >= 0.3 is 0 Å². The summed E-state index contributed by atoms with van der Waals surface area (Å²) in [5.74, 6) is -0.296. The second kappa shape index (κ2) is 6.16. The average molecular weight is 322 g/mol. The molecule has 0 unspecified atom stereocenters. The van der Waals surface area contributed by atoms with Crippen LogP contribution in [0.15, 0.2) is 42.6 Å². The first kappa shape index (κ1) is 15.7. The van der Waals surface area contributed by atoms with Crippen molar-refractivity contribution in [2.45, 2.75) is 20.4 Å². The van der Waals surface area contributed by atoms with Gasteiger partial charge in [0.1, 0.15) is 0 Å². The second-order valence-electron chi connectivity index (χ2n) is 5.65. The first-order chi connectivity index (χ1) is 11.5. The molecule has 0 radical (unpaired) electrons. The maximum Gasteiger partial charge on any atom is 0.262 e. The lowest BCUT2D eigenvalue weighted by atomic mass is 10.2. The first-order valence-electron chi connectivity index (χ1n) is 7.58. The quantitative estimate of drug-likeness (QED) is 0.724. The molecule has 6 nitrogen and oxygen atoms in total. The molecule has 122 valence electrons. The molecule has 6 heteroatoms. The van der Waals surface area contributed by atoms with E-state index in [1.54, 1.807) is 22.9 Å². The molecule has 3 rings (SSSR count). The molecule has 0 bridgehead atoms. The highest BCUT2D eigenvalue weighted by molar-refractivity contribution is 6.05. The number of amides is 1. The Balaban J connectivity index is 2.01. The van der Waals surface area contributed by atoms with Gasteiger partial charge in [0.25, 0.3) is 5.91 Å². The van der Waals surface area contributed by atoms with Gasteiger partial charge in [0.15, 0.2) is 0 Å². The van der Waals surface area contributed by atoms with Crippen LogP contribution in [0, 0.1) is 6.92 Å². The monoisotopic (exact) mass is 322 g/mol. The number of pyridine rings is 1. The van der Waals surface area contributed by atoms with Crippen molar-refractivity contribution in [1.82, 2.24) is 14.9 Å². The summed E-state index contributed by atoms with van der Waals surface area (Å²) in [5.41, 5.74) is 9.36. The number of nitrogens with two attached hydrogens (primary N) is 1. The van der Waals surface area contributed by atoms with Crippen molar-refractivity contribution in [1.29, 1.82) is 0 Å². The number of carbonyl (C=O) groups is 2. The summed E-state index contributed by atoms with van der Waals surface area (Å²) in [4.78, 5) is 28.2. The lowest BCUT2D eigenvalue weighted by Gasteiger charge is -2.09. The third-order valence-electron chi connectivity index (χ3n) is 3.85. The van der Waals surface area contributed by atoms with E-state index in [1.807, 2.05) is 31.2 Å². The van der Waals surface area contributed by atoms with E-state index < -0.39 is 0 Å². The molecular formula is C18H18N4O2. The molecule has 0 fully saturated rings. The van der Waals surface area contributed by atoms with Gasteiger partial charge in [-0.25, -0.2) is 0 Å². The molecule has 0 aliphatic rings. The number of nitrogen functional groups attached to an aromatic ring is 1. The molecule has 1 amide bonds. The number of aromatic nitrogens is 2. The Morgan fingerprint density at radius 2 is 2.04 bits per heavy atom. The molecule has 3 aromatic rings. The molecule has 0 aliphatic heterocycles. The van der Waals surface area contributed by atoms with E-state index in [0.717, 1.165) is 16.6 Å². The molecule has 0 saturated carbocycles. The summed E-state index contributed by atoms with van der Waals surface area (Å²) < 4.78 is 1.64. The van der Waals surface area contributed by atoms with E-state index in [9.17, 15) is 9.59 Å². The van der Waals surface area contributed by atoms with Crippen molar-refractivity contribution in [3.05, 3.63) is 59.5 Å². The third-order valence-corrected chi connectivity index (χ3v) is 3.85. The van der Waals surface area contributed by atoms with Crippen LogP contribution >= 0.6 is 0 Å². The van der Waals surface area contributed by atoms with Gasteiger partial charge < -0.3 is 11.1 Å². The minimum atomic E-state index is -0.153. The summed E-state index contributed by atoms with van der Waals surface area (Å²) in [5, 5.41) is 3.53. The lowest BCUT2D eigenvalue weighted by molar-refractivity contribution is -0.119. The van der Waals surface area contributed by atoms with Crippen molar-refractivity contribution in [3.63, 3.8) is 0 Å². The largest absolute Gasteiger partial charge is 0.398 e. The third kappa shape index (κ3) is 2.86. The molecule has 3 N–H and O–H groups in total. The van der Waals surface area contributed by atoms with Crippen molar-refractivity contribution in [2.75, 3.05) is 5.73 Å². The van der Waals surface area contributed by atoms with Gasteiger partial charge in [-0.1, -0.05) is 6.07 Å². The number of aryl methyl sites for hydroxylation is 1. The molecule has 1 aromatic carbocycles. The molecule has 2 heterocycles. The van der Waals surface area contributed by atoms with E-state index in [1.165, 1.54) is 6.92 Å². The number of fused-ring (bicyclic) bond motifs is 1. The van der Waals surface area contributed by atoms with Crippen LogP contribution in [0.2, 0.25) is 0 Å². The molecule has 0 atom stereocenters.